The van der Waals surface area contributed by atoms with Crippen LogP contribution < -0.4 is 20.7 Å². The van der Waals surface area contributed by atoms with Crippen molar-refractivity contribution < 1.29 is 27.1 Å². The minimum atomic E-state index is -4.77. The van der Waals surface area contributed by atoms with E-state index in [-0.39, 0.29) is 23.8 Å². The molecule has 5 rings (SSSR count). The summed E-state index contributed by atoms with van der Waals surface area (Å²) in [5.74, 6) is -0.203. The Bertz CT molecular complexity index is 1760. The molecule has 1 aliphatic carbocycles. The zero-order valence-corrected chi connectivity index (χ0v) is 27.1. The average molecular weight is 648 g/mol. The van der Waals surface area contributed by atoms with E-state index < -0.39 is 23.5 Å². The lowest BCUT2D eigenvalue weighted by molar-refractivity contribution is -0.113. The van der Waals surface area contributed by atoms with Gasteiger partial charge in [-0.15, -0.1) is 0 Å². The van der Waals surface area contributed by atoms with Gasteiger partial charge in [0.15, 0.2) is 0 Å². The highest BCUT2D eigenvalue weighted by Crippen LogP contribution is 2.38. The molecule has 248 valence electrons. The third-order valence-electron chi connectivity index (χ3n) is 8.40. The second-order valence-electron chi connectivity index (χ2n) is 11.7. The van der Waals surface area contributed by atoms with Crippen LogP contribution >= 0.6 is 0 Å². The minimum absolute atomic E-state index is 0.184. The summed E-state index contributed by atoms with van der Waals surface area (Å²) >= 11 is 0. The van der Waals surface area contributed by atoms with Crippen molar-refractivity contribution in [1.82, 2.24) is 0 Å². The Morgan fingerprint density at radius 2 is 1.81 bits per heavy atom. The van der Waals surface area contributed by atoms with Gasteiger partial charge in [-0.25, -0.2) is 4.39 Å². The standard InChI is InChI=1S/C33H31F4N3O2.C5H10/c1-20(33(35,36)37)16-29(40(3)25-10-7-8-22(17-25)19-38)32(41)39-28-18-24(12-14-27(28)34)21(2)31-26-11-6-5-9-23(26)13-15-30(31)42-4;1-2-5-3-4-5/h5-18,21H,1,19,38H2,2-4H3,(H,39,41);5H,2-4H2,1H3/b29-16-;. The fourth-order valence-electron chi connectivity index (χ4n) is 5.28. The number of hydrogen-bond donors (Lipinski definition) is 2. The second-order valence-corrected chi connectivity index (χ2v) is 11.7. The SMILES string of the molecule is C=C(/C=C(/C(=O)Nc1cc(C(C)c2c(OC)ccc3ccccc23)ccc1F)N(C)c1cccc(CN)c1)C(F)(F)F.CCC1CC1. The van der Waals surface area contributed by atoms with Gasteiger partial charge in [0.05, 0.1) is 18.4 Å². The molecule has 0 aliphatic heterocycles. The van der Waals surface area contributed by atoms with E-state index in [1.807, 2.05) is 43.3 Å². The first-order valence-electron chi connectivity index (χ1n) is 15.5. The number of carbonyl (C=O) groups is 1. The molecular formula is C38H41F4N3O2. The topological polar surface area (TPSA) is 67.6 Å². The lowest BCUT2D eigenvalue weighted by Crippen LogP contribution is -2.29. The van der Waals surface area contributed by atoms with E-state index in [0.29, 0.717) is 28.6 Å². The van der Waals surface area contributed by atoms with Crippen molar-refractivity contribution in [3.8, 4) is 5.75 Å². The normalized spacial score (nSPS) is 13.8. The molecule has 47 heavy (non-hydrogen) atoms. The third-order valence-corrected chi connectivity index (χ3v) is 8.40. The van der Waals surface area contributed by atoms with Crippen molar-refractivity contribution in [2.45, 2.75) is 51.7 Å². The quantitative estimate of drug-likeness (QED) is 0.102. The number of methoxy groups -OCH3 is 1. The number of hydrogen-bond acceptors (Lipinski definition) is 4. The molecule has 0 saturated heterocycles. The van der Waals surface area contributed by atoms with Gasteiger partial charge in [-0.3, -0.25) is 4.79 Å². The van der Waals surface area contributed by atoms with Crippen LogP contribution in [0.2, 0.25) is 0 Å². The van der Waals surface area contributed by atoms with Gasteiger partial charge in [-0.1, -0.05) is 88.2 Å². The first-order valence-corrected chi connectivity index (χ1v) is 15.5. The number of ether oxygens (including phenoxy) is 1. The van der Waals surface area contributed by atoms with E-state index >= 15 is 4.39 Å². The number of alkyl halides is 3. The van der Waals surface area contributed by atoms with Crippen molar-refractivity contribution in [2.24, 2.45) is 11.7 Å². The number of likely N-dealkylation sites (N-methyl/N-ethyl adjacent to an activating group) is 1. The van der Waals surface area contributed by atoms with Crippen LogP contribution in [0.5, 0.6) is 5.75 Å². The van der Waals surface area contributed by atoms with Gasteiger partial charge < -0.3 is 20.7 Å². The second kappa shape index (κ2) is 15.3. The minimum Gasteiger partial charge on any atom is -0.496 e. The molecule has 1 fully saturated rings. The fraction of sp³-hybridized carbons (Fsp3) is 0.289. The van der Waals surface area contributed by atoms with Crippen LogP contribution in [-0.2, 0) is 11.3 Å². The Labute approximate surface area is 273 Å². The van der Waals surface area contributed by atoms with Crippen LogP contribution in [0.25, 0.3) is 10.8 Å². The fourth-order valence-corrected chi connectivity index (χ4v) is 5.28. The first kappa shape index (κ1) is 35.2. The van der Waals surface area contributed by atoms with E-state index in [2.05, 4.69) is 18.8 Å². The van der Waals surface area contributed by atoms with Crippen LogP contribution in [0.3, 0.4) is 0 Å². The highest BCUT2D eigenvalue weighted by Gasteiger charge is 2.32. The summed E-state index contributed by atoms with van der Waals surface area (Å²) < 4.78 is 61.0. The predicted molar refractivity (Wildman–Crippen MR) is 182 cm³/mol. The molecule has 1 unspecified atom stereocenters. The maximum atomic E-state index is 15.0. The van der Waals surface area contributed by atoms with Gasteiger partial charge in [-0.2, -0.15) is 13.2 Å². The molecule has 4 aromatic carbocycles. The molecule has 0 bridgehead atoms. The van der Waals surface area contributed by atoms with Crippen molar-refractivity contribution >= 4 is 28.1 Å². The molecule has 0 heterocycles. The molecule has 0 radical (unpaired) electrons. The predicted octanol–water partition coefficient (Wildman–Crippen LogP) is 9.48. The molecule has 1 saturated carbocycles. The van der Waals surface area contributed by atoms with Crippen LogP contribution in [0, 0.1) is 11.7 Å². The van der Waals surface area contributed by atoms with E-state index in [1.54, 1.807) is 37.4 Å². The summed E-state index contributed by atoms with van der Waals surface area (Å²) in [6.45, 7) is 7.47. The Morgan fingerprint density at radius 3 is 2.43 bits per heavy atom. The number of carbonyl (C=O) groups excluding carboxylic acids is 1. The molecular weight excluding hydrogens is 606 g/mol. The summed E-state index contributed by atoms with van der Waals surface area (Å²) in [7, 11) is 3.01. The zero-order valence-electron chi connectivity index (χ0n) is 27.1. The highest BCUT2D eigenvalue weighted by atomic mass is 19.4. The number of allylic oxidation sites excluding steroid dienone is 2. The Morgan fingerprint density at radius 1 is 1.09 bits per heavy atom. The van der Waals surface area contributed by atoms with Crippen molar-refractivity contribution in [1.29, 1.82) is 0 Å². The van der Waals surface area contributed by atoms with Gasteiger partial charge in [0.1, 0.15) is 17.3 Å². The van der Waals surface area contributed by atoms with E-state index in [0.717, 1.165) is 22.3 Å². The molecule has 3 N–H and O–H groups in total. The maximum Gasteiger partial charge on any atom is 0.415 e. The van der Waals surface area contributed by atoms with E-state index in [4.69, 9.17) is 10.5 Å². The van der Waals surface area contributed by atoms with Gasteiger partial charge in [0.2, 0.25) is 0 Å². The summed E-state index contributed by atoms with van der Waals surface area (Å²) in [6, 6.07) is 22.6. The van der Waals surface area contributed by atoms with E-state index in [1.165, 1.54) is 43.3 Å². The summed E-state index contributed by atoms with van der Waals surface area (Å²) in [6.07, 6.45) is 0.298. The Balaban J connectivity index is 0.000000912. The van der Waals surface area contributed by atoms with Gasteiger partial charge >= 0.3 is 6.18 Å². The first-order chi connectivity index (χ1) is 22.4. The number of benzene rings is 4. The third kappa shape index (κ3) is 8.80. The largest absolute Gasteiger partial charge is 0.496 e. The Kier molecular flexibility index (Phi) is 11.5. The van der Waals surface area contributed by atoms with Crippen LogP contribution in [0.15, 0.2) is 103 Å². The molecule has 0 spiro atoms. The molecule has 1 aliphatic rings. The molecule has 9 heteroatoms. The average Bonchev–Trinajstić information content (AvgIpc) is 3.92. The van der Waals surface area contributed by atoms with Crippen molar-refractivity contribution in [3.63, 3.8) is 0 Å². The number of nitrogens with one attached hydrogen (secondary N) is 1. The molecule has 1 atom stereocenters. The number of nitrogens with two attached hydrogens (primary N) is 1. The van der Waals surface area contributed by atoms with Crippen molar-refractivity contribution in [3.05, 3.63) is 125 Å². The number of nitrogens with zero attached hydrogens (tertiary/aromatic N) is 1. The van der Waals surface area contributed by atoms with Crippen molar-refractivity contribution in [2.75, 3.05) is 24.4 Å². The van der Waals surface area contributed by atoms with Gasteiger partial charge in [0, 0.05) is 30.8 Å². The number of fused-ring (bicyclic) bond motifs is 1. The molecule has 4 aromatic rings. The molecule has 5 nitrogen and oxygen atoms in total. The smallest absolute Gasteiger partial charge is 0.415 e. The number of halogens is 4. The Hall–Kier alpha value is -4.63. The van der Waals surface area contributed by atoms with Crippen LogP contribution in [0.1, 0.15) is 55.7 Å². The van der Waals surface area contributed by atoms with Gasteiger partial charge in [0.25, 0.3) is 5.91 Å². The summed E-state index contributed by atoms with van der Waals surface area (Å²) in [5.41, 5.74) is 6.58. The van der Waals surface area contributed by atoms with Gasteiger partial charge in [-0.05, 0) is 64.2 Å². The molecule has 1 amide bonds. The summed E-state index contributed by atoms with van der Waals surface area (Å²) in [4.78, 5) is 14.8. The number of amides is 1. The number of rotatable bonds is 10. The lowest BCUT2D eigenvalue weighted by Gasteiger charge is -2.24. The monoisotopic (exact) mass is 647 g/mol. The maximum absolute atomic E-state index is 15.0. The zero-order chi connectivity index (χ0) is 34.3. The summed E-state index contributed by atoms with van der Waals surface area (Å²) in [5, 5.41) is 4.42. The molecule has 0 aromatic heterocycles. The lowest BCUT2D eigenvalue weighted by atomic mass is 9.88. The number of anilines is 2. The highest BCUT2D eigenvalue weighted by molar-refractivity contribution is 6.06. The van der Waals surface area contributed by atoms with E-state index in [9.17, 15) is 18.0 Å². The van der Waals surface area contributed by atoms with Crippen LogP contribution in [-0.4, -0.2) is 26.2 Å². The van der Waals surface area contributed by atoms with Crippen LogP contribution in [0.4, 0.5) is 28.9 Å².